The largest absolute Gasteiger partial charge is 0.484 e. The quantitative estimate of drug-likeness (QED) is 0.536. The van der Waals surface area contributed by atoms with Crippen LogP contribution in [-0.2, 0) is 16.1 Å². The lowest BCUT2D eigenvalue weighted by Gasteiger charge is -2.29. The molecule has 0 aliphatic carbocycles. The van der Waals surface area contributed by atoms with Gasteiger partial charge in [-0.15, -0.1) is 0 Å². The number of nitrogens with one attached hydrogen (secondary N) is 1. The normalized spacial score (nSPS) is 12.7. The molecule has 0 saturated heterocycles. The van der Waals surface area contributed by atoms with Crippen LogP contribution >= 0.6 is 34.8 Å². The zero-order valence-corrected chi connectivity index (χ0v) is 19.4. The monoisotopic (exact) mass is 470 g/mol. The molecule has 30 heavy (non-hydrogen) atoms. The van der Waals surface area contributed by atoms with Crippen LogP contribution in [-0.4, -0.2) is 35.4 Å². The van der Waals surface area contributed by atoms with Crippen molar-refractivity contribution in [1.82, 2.24) is 10.2 Å². The fourth-order valence-corrected chi connectivity index (χ4v) is 3.17. The summed E-state index contributed by atoms with van der Waals surface area (Å²) in [7, 11) is 0. The van der Waals surface area contributed by atoms with Crippen LogP contribution in [0, 0.1) is 0 Å². The van der Waals surface area contributed by atoms with Gasteiger partial charge in [-0.2, -0.15) is 0 Å². The second-order valence-electron chi connectivity index (χ2n) is 7.01. The number of amides is 2. The Hall–Kier alpha value is -1.95. The van der Waals surface area contributed by atoms with Crippen molar-refractivity contribution in [1.29, 1.82) is 0 Å². The highest BCUT2D eigenvalue weighted by Crippen LogP contribution is 2.24. The molecule has 0 aromatic heterocycles. The van der Waals surface area contributed by atoms with Crippen molar-refractivity contribution < 1.29 is 14.3 Å². The minimum Gasteiger partial charge on any atom is -0.484 e. The maximum atomic E-state index is 13.0. The summed E-state index contributed by atoms with van der Waals surface area (Å²) in [5.41, 5.74) is 0.753. The van der Waals surface area contributed by atoms with Crippen molar-refractivity contribution in [3.8, 4) is 5.75 Å². The van der Waals surface area contributed by atoms with Gasteiger partial charge in [0.2, 0.25) is 5.91 Å². The predicted molar refractivity (Wildman–Crippen MR) is 121 cm³/mol. The van der Waals surface area contributed by atoms with Crippen LogP contribution in [0.1, 0.15) is 32.8 Å². The van der Waals surface area contributed by atoms with Gasteiger partial charge in [-0.1, -0.05) is 53.9 Å². The molecule has 0 saturated carbocycles. The number of hydrogen-bond acceptors (Lipinski definition) is 3. The standard InChI is InChI=1S/C22H25Cl3N2O3/c1-4-14(2)26-22(29)15(3)27(12-16-8-9-19(24)20(25)10-16)21(28)13-30-18-7-5-6-17(23)11-18/h5-11,14-15H,4,12-13H2,1-3H3,(H,26,29)/t14-,15-/m1/s1. The Balaban J connectivity index is 2.18. The van der Waals surface area contributed by atoms with Gasteiger partial charge in [0.25, 0.3) is 5.91 Å². The van der Waals surface area contributed by atoms with E-state index in [-0.39, 0.29) is 31.0 Å². The number of ether oxygens (including phenoxy) is 1. The molecule has 0 bridgehead atoms. The highest BCUT2D eigenvalue weighted by atomic mass is 35.5. The van der Waals surface area contributed by atoms with E-state index < -0.39 is 6.04 Å². The third-order valence-electron chi connectivity index (χ3n) is 4.66. The number of rotatable bonds is 9. The second kappa shape index (κ2) is 11.4. The Morgan fingerprint density at radius 3 is 2.43 bits per heavy atom. The van der Waals surface area contributed by atoms with Gasteiger partial charge in [0.05, 0.1) is 10.0 Å². The molecular weight excluding hydrogens is 447 g/mol. The van der Waals surface area contributed by atoms with E-state index in [2.05, 4.69) is 5.32 Å². The average Bonchev–Trinajstić information content (AvgIpc) is 2.72. The lowest BCUT2D eigenvalue weighted by molar-refractivity contribution is -0.142. The van der Waals surface area contributed by atoms with E-state index in [1.165, 1.54) is 4.90 Å². The van der Waals surface area contributed by atoms with E-state index in [1.807, 2.05) is 13.8 Å². The summed E-state index contributed by atoms with van der Waals surface area (Å²) < 4.78 is 5.59. The fourth-order valence-electron chi connectivity index (χ4n) is 2.67. The van der Waals surface area contributed by atoms with Gasteiger partial charge in [0, 0.05) is 17.6 Å². The molecule has 0 heterocycles. The average molecular weight is 472 g/mol. The SMILES string of the molecule is CC[C@@H](C)NC(=O)[C@@H](C)N(Cc1ccc(Cl)c(Cl)c1)C(=O)COc1cccc(Cl)c1. The minimum atomic E-state index is -0.705. The van der Waals surface area contributed by atoms with Crippen LogP contribution in [0.3, 0.4) is 0 Å². The molecule has 1 N–H and O–H groups in total. The van der Waals surface area contributed by atoms with Gasteiger partial charge < -0.3 is 15.0 Å². The van der Waals surface area contributed by atoms with Crippen LogP contribution in [0.4, 0.5) is 0 Å². The van der Waals surface area contributed by atoms with E-state index in [9.17, 15) is 9.59 Å². The molecular formula is C22H25Cl3N2O3. The Kier molecular flexibility index (Phi) is 9.28. The molecule has 2 aromatic carbocycles. The highest BCUT2D eigenvalue weighted by Gasteiger charge is 2.27. The van der Waals surface area contributed by atoms with Crippen LogP contribution in [0.2, 0.25) is 15.1 Å². The first kappa shape index (κ1) is 24.3. The van der Waals surface area contributed by atoms with E-state index in [0.29, 0.717) is 20.8 Å². The van der Waals surface area contributed by atoms with Crippen LogP contribution in [0.15, 0.2) is 42.5 Å². The smallest absolute Gasteiger partial charge is 0.261 e. The first-order valence-electron chi connectivity index (χ1n) is 9.63. The highest BCUT2D eigenvalue weighted by molar-refractivity contribution is 6.42. The first-order chi connectivity index (χ1) is 14.2. The number of nitrogens with zero attached hydrogens (tertiary/aromatic N) is 1. The molecule has 2 atom stereocenters. The summed E-state index contributed by atoms with van der Waals surface area (Å²) in [5.74, 6) is -0.101. The Morgan fingerprint density at radius 2 is 1.80 bits per heavy atom. The van der Waals surface area contributed by atoms with Crippen molar-refractivity contribution in [3.05, 3.63) is 63.1 Å². The summed E-state index contributed by atoms with van der Waals surface area (Å²) in [6, 6.07) is 11.2. The van der Waals surface area contributed by atoms with E-state index in [1.54, 1.807) is 49.4 Å². The van der Waals surface area contributed by atoms with Crippen LogP contribution < -0.4 is 10.1 Å². The van der Waals surface area contributed by atoms with E-state index in [4.69, 9.17) is 39.5 Å². The summed E-state index contributed by atoms with van der Waals surface area (Å²) in [5, 5.41) is 4.23. The topological polar surface area (TPSA) is 58.6 Å². The van der Waals surface area contributed by atoms with Gasteiger partial charge in [-0.05, 0) is 56.2 Å². The summed E-state index contributed by atoms with van der Waals surface area (Å²) in [4.78, 5) is 27.1. The lowest BCUT2D eigenvalue weighted by atomic mass is 10.1. The maximum Gasteiger partial charge on any atom is 0.261 e. The van der Waals surface area contributed by atoms with Gasteiger partial charge in [0.1, 0.15) is 11.8 Å². The zero-order valence-electron chi connectivity index (χ0n) is 17.1. The summed E-state index contributed by atoms with van der Waals surface area (Å²) in [6.07, 6.45) is 0.789. The summed E-state index contributed by atoms with van der Waals surface area (Å²) in [6.45, 7) is 5.53. The lowest BCUT2D eigenvalue weighted by Crippen LogP contribution is -2.50. The molecule has 0 aliphatic rings. The van der Waals surface area contributed by atoms with Crippen molar-refractivity contribution >= 4 is 46.6 Å². The Morgan fingerprint density at radius 1 is 1.07 bits per heavy atom. The fraction of sp³-hybridized carbons (Fsp3) is 0.364. The van der Waals surface area contributed by atoms with Gasteiger partial charge in [0.15, 0.2) is 6.61 Å². The third kappa shape index (κ3) is 7.08. The molecule has 5 nitrogen and oxygen atoms in total. The summed E-state index contributed by atoms with van der Waals surface area (Å²) >= 11 is 18.1. The number of hydrogen-bond donors (Lipinski definition) is 1. The van der Waals surface area contributed by atoms with E-state index >= 15 is 0 Å². The predicted octanol–water partition coefficient (Wildman–Crippen LogP) is 5.36. The van der Waals surface area contributed by atoms with Crippen molar-refractivity contribution in [2.75, 3.05) is 6.61 Å². The van der Waals surface area contributed by atoms with Crippen LogP contribution in [0.5, 0.6) is 5.75 Å². The molecule has 0 fully saturated rings. The van der Waals surface area contributed by atoms with Crippen molar-refractivity contribution in [2.45, 2.75) is 45.8 Å². The molecule has 0 spiro atoms. The second-order valence-corrected chi connectivity index (χ2v) is 8.26. The molecule has 0 radical (unpaired) electrons. The van der Waals surface area contributed by atoms with Gasteiger partial charge >= 0.3 is 0 Å². The first-order valence-corrected chi connectivity index (χ1v) is 10.8. The molecule has 2 amide bonds. The Bertz CT molecular complexity index is 892. The van der Waals surface area contributed by atoms with Gasteiger partial charge in [-0.3, -0.25) is 9.59 Å². The number of benzene rings is 2. The molecule has 8 heteroatoms. The van der Waals surface area contributed by atoms with Crippen molar-refractivity contribution in [2.24, 2.45) is 0 Å². The molecule has 162 valence electrons. The molecule has 0 unspecified atom stereocenters. The Labute approximate surface area is 192 Å². The minimum absolute atomic E-state index is 0.00425. The van der Waals surface area contributed by atoms with Gasteiger partial charge in [-0.25, -0.2) is 0 Å². The molecule has 0 aliphatic heterocycles. The third-order valence-corrected chi connectivity index (χ3v) is 5.64. The maximum absolute atomic E-state index is 13.0. The molecule has 2 aromatic rings. The number of carbonyl (C=O) groups is 2. The van der Waals surface area contributed by atoms with Crippen molar-refractivity contribution in [3.63, 3.8) is 0 Å². The number of carbonyl (C=O) groups excluding carboxylic acids is 2. The van der Waals surface area contributed by atoms with E-state index in [0.717, 1.165) is 12.0 Å². The zero-order chi connectivity index (χ0) is 22.3. The van der Waals surface area contributed by atoms with Crippen LogP contribution in [0.25, 0.3) is 0 Å². The molecule has 2 rings (SSSR count). The number of halogens is 3.